The first-order chi connectivity index (χ1) is 20.2. The molecule has 0 aliphatic carbocycles. The summed E-state index contributed by atoms with van der Waals surface area (Å²) in [6.45, 7) is 4.48. The monoisotopic (exact) mass is 558 g/mol. The number of anilines is 6. The first-order valence-electron chi connectivity index (χ1n) is 14.9. The third-order valence-corrected chi connectivity index (χ3v) is 7.86. The van der Waals surface area contributed by atoms with Crippen LogP contribution in [0.1, 0.15) is 50.7 Å². The van der Waals surface area contributed by atoms with Gasteiger partial charge < -0.3 is 9.80 Å². The second kappa shape index (κ2) is 14.1. The summed E-state index contributed by atoms with van der Waals surface area (Å²) in [5.41, 5.74) is 8.93. The average molecular weight is 559 g/mol. The molecule has 0 amide bonds. The van der Waals surface area contributed by atoms with Crippen LogP contribution in [0.4, 0.5) is 34.1 Å². The number of unbranched alkanes of at least 4 members (excludes halogenated alkanes) is 2. The van der Waals surface area contributed by atoms with Gasteiger partial charge in [-0.05, 0) is 97.5 Å². The summed E-state index contributed by atoms with van der Waals surface area (Å²) in [6.07, 6.45) is 6.91. The number of benzene rings is 5. The van der Waals surface area contributed by atoms with Crippen molar-refractivity contribution in [2.45, 2.75) is 52.4 Å². The molecule has 0 fully saturated rings. The standard InChI is InChI=1S/C38H39ClN2/c1-3-5-15-30-25-27-34(28-26-30)40(32-18-9-7-10-19-32)36-23-14-24-37(38(36)39)41(33-20-11-8-12-21-33)35-22-13-17-31(29-35)16-6-4-2/h7-14,17-29H,3-6,15-16H2,1-2H3. The third-order valence-electron chi connectivity index (χ3n) is 7.47. The SMILES string of the molecule is CCCCc1ccc(N(c2ccccc2)c2cccc(N(c3ccccc3)c3cccc(CCCC)c3)c2Cl)cc1. The molecule has 41 heavy (non-hydrogen) atoms. The van der Waals surface area contributed by atoms with E-state index in [-0.39, 0.29) is 0 Å². The number of nitrogens with zero attached hydrogens (tertiary/aromatic N) is 2. The highest BCUT2D eigenvalue weighted by molar-refractivity contribution is 6.36. The van der Waals surface area contributed by atoms with E-state index < -0.39 is 0 Å². The Labute approximate surface area is 250 Å². The molecule has 3 heteroatoms. The molecule has 208 valence electrons. The lowest BCUT2D eigenvalue weighted by Gasteiger charge is -2.31. The molecule has 0 heterocycles. The second-order valence-electron chi connectivity index (χ2n) is 10.5. The van der Waals surface area contributed by atoms with Crippen molar-refractivity contribution < 1.29 is 0 Å². The Morgan fingerprint density at radius 1 is 0.463 bits per heavy atom. The highest BCUT2D eigenvalue weighted by Gasteiger charge is 2.22. The minimum atomic E-state index is 0.703. The van der Waals surface area contributed by atoms with Crippen molar-refractivity contribution in [1.29, 1.82) is 0 Å². The molecule has 0 bridgehead atoms. The van der Waals surface area contributed by atoms with E-state index in [4.69, 9.17) is 11.6 Å². The fraction of sp³-hybridized carbons (Fsp3) is 0.211. The molecular formula is C38H39ClN2. The number of rotatable bonds is 12. The molecule has 0 aromatic heterocycles. The molecule has 0 N–H and O–H groups in total. The van der Waals surface area contributed by atoms with Crippen molar-refractivity contribution in [3.63, 3.8) is 0 Å². The van der Waals surface area contributed by atoms with Crippen molar-refractivity contribution in [2.24, 2.45) is 0 Å². The Balaban J connectivity index is 1.63. The third kappa shape index (κ3) is 6.84. The topological polar surface area (TPSA) is 6.48 Å². The van der Waals surface area contributed by atoms with Gasteiger partial charge in [0.25, 0.3) is 0 Å². The molecule has 0 aliphatic heterocycles. The van der Waals surface area contributed by atoms with Crippen molar-refractivity contribution >= 4 is 45.7 Å². The van der Waals surface area contributed by atoms with E-state index in [0.717, 1.165) is 47.0 Å². The largest absolute Gasteiger partial charge is 0.309 e. The molecule has 0 spiro atoms. The average Bonchev–Trinajstić information content (AvgIpc) is 3.03. The van der Waals surface area contributed by atoms with Crippen LogP contribution in [0.2, 0.25) is 5.02 Å². The lowest BCUT2D eigenvalue weighted by molar-refractivity contribution is 0.795. The van der Waals surface area contributed by atoms with Crippen LogP contribution in [-0.4, -0.2) is 0 Å². The Kier molecular flexibility index (Phi) is 9.78. The molecular weight excluding hydrogens is 520 g/mol. The first-order valence-corrected chi connectivity index (χ1v) is 15.2. The van der Waals surface area contributed by atoms with Crippen LogP contribution in [0, 0.1) is 0 Å². The maximum atomic E-state index is 7.44. The van der Waals surface area contributed by atoms with Gasteiger partial charge in [0.05, 0.1) is 16.4 Å². The minimum absolute atomic E-state index is 0.703. The van der Waals surface area contributed by atoms with Gasteiger partial charge >= 0.3 is 0 Å². The number of aryl methyl sites for hydroxylation is 2. The summed E-state index contributed by atoms with van der Waals surface area (Å²) >= 11 is 7.44. The Bertz CT molecular complexity index is 1510. The van der Waals surface area contributed by atoms with Crippen molar-refractivity contribution in [3.05, 3.63) is 144 Å². The molecule has 2 nitrogen and oxygen atoms in total. The highest BCUT2D eigenvalue weighted by atomic mass is 35.5. The summed E-state index contributed by atoms with van der Waals surface area (Å²) in [4.78, 5) is 4.54. The molecule has 5 aromatic rings. The van der Waals surface area contributed by atoms with Gasteiger partial charge in [0.1, 0.15) is 0 Å². The molecule has 0 unspecified atom stereocenters. The van der Waals surface area contributed by atoms with E-state index in [0.29, 0.717) is 5.02 Å². The van der Waals surface area contributed by atoms with Gasteiger partial charge in [-0.2, -0.15) is 0 Å². The number of para-hydroxylation sites is 2. The van der Waals surface area contributed by atoms with Crippen LogP contribution >= 0.6 is 11.6 Å². The quantitative estimate of drug-likeness (QED) is 0.150. The number of halogens is 1. The molecule has 0 saturated heterocycles. The van der Waals surface area contributed by atoms with Gasteiger partial charge in [-0.3, -0.25) is 0 Å². The van der Waals surface area contributed by atoms with Crippen molar-refractivity contribution in [1.82, 2.24) is 0 Å². The van der Waals surface area contributed by atoms with Crippen LogP contribution in [-0.2, 0) is 12.8 Å². The van der Waals surface area contributed by atoms with Crippen molar-refractivity contribution in [3.8, 4) is 0 Å². The smallest absolute Gasteiger partial charge is 0.0887 e. The van der Waals surface area contributed by atoms with Gasteiger partial charge in [0.2, 0.25) is 0 Å². The number of hydrogen-bond acceptors (Lipinski definition) is 2. The molecule has 5 aromatic carbocycles. The summed E-state index contributed by atoms with van der Waals surface area (Å²) in [6, 6.07) is 45.1. The van der Waals surface area contributed by atoms with Gasteiger partial charge in [0.15, 0.2) is 0 Å². The fourth-order valence-electron chi connectivity index (χ4n) is 5.29. The van der Waals surface area contributed by atoms with Crippen LogP contribution in [0.15, 0.2) is 127 Å². The minimum Gasteiger partial charge on any atom is -0.309 e. The molecule has 0 saturated carbocycles. The fourth-order valence-corrected chi connectivity index (χ4v) is 5.58. The lowest BCUT2D eigenvalue weighted by atomic mass is 10.1. The van der Waals surface area contributed by atoms with Crippen LogP contribution in [0.3, 0.4) is 0 Å². The molecule has 0 radical (unpaired) electrons. The predicted octanol–water partition coefficient (Wildman–Crippen LogP) is 12.0. The maximum absolute atomic E-state index is 7.44. The summed E-state index contributed by atoms with van der Waals surface area (Å²) in [7, 11) is 0. The van der Waals surface area contributed by atoms with Crippen LogP contribution in [0.25, 0.3) is 0 Å². The van der Waals surface area contributed by atoms with Gasteiger partial charge in [-0.15, -0.1) is 0 Å². The zero-order valence-electron chi connectivity index (χ0n) is 24.1. The van der Waals surface area contributed by atoms with Gasteiger partial charge in [-0.1, -0.05) is 105 Å². The van der Waals surface area contributed by atoms with E-state index >= 15 is 0 Å². The molecule has 5 rings (SSSR count). The number of hydrogen-bond donors (Lipinski definition) is 0. The van der Waals surface area contributed by atoms with E-state index in [9.17, 15) is 0 Å². The van der Waals surface area contributed by atoms with E-state index in [1.807, 2.05) is 0 Å². The Morgan fingerprint density at radius 3 is 1.49 bits per heavy atom. The Morgan fingerprint density at radius 2 is 0.927 bits per heavy atom. The van der Waals surface area contributed by atoms with E-state index in [2.05, 4.69) is 151 Å². The normalized spacial score (nSPS) is 10.9. The summed E-state index contributed by atoms with van der Waals surface area (Å²) < 4.78 is 0. The Hall–Kier alpha value is -4.01. The summed E-state index contributed by atoms with van der Waals surface area (Å²) in [5, 5.41) is 0.703. The van der Waals surface area contributed by atoms with Gasteiger partial charge in [-0.25, -0.2) is 0 Å². The van der Waals surface area contributed by atoms with E-state index in [1.165, 1.54) is 36.8 Å². The summed E-state index contributed by atoms with van der Waals surface area (Å²) in [5.74, 6) is 0. The van der Waals surface area contributed by atoms with Crippen molar-refractivity contribution in [2.75, 3.05) is 9.80 Å². The zero-order valence-corrected chi connectivity index (χ0v) is 24.9. The first kappa shape index (κ1) is 28.5. The lowest BCUT2D eigenvalue weighted by Crippen LogP contribution is -2.14. The zero-order chi connectivity index (χ0) is 28.4. The molecule has 0 atom stereocenters. The maximum Gasteiger partial charge on any atom is 0.0887 e. The second-order valence-corrected chi connectivity index (χ2v) is 10.9. The molecule has 0 aliphatic rings. The van der Waals surface area contributed by atoms with Gasteiger partial charge in [0, 0.05) is 22.7 Å². The van der Waals surface area contributed by atoms with E-state index in [1.54, 1.807) is 0 Å². The predicted molar refractivity (Wildman–Crippen MR) is 178 cm³/mol. The van der Waals surface area contributed by atoms with Crippen LogP contribution in [0.5, 0.6) is 0 Å². The van der Waals surface area contributed by atoms with Crippen LogP contribution < -0.4 is 9.80 Å². The highest BCUT2D eigenvalue weighted by Crippen LogP contribution is 2.46.